The van der Waals surface area contributed by atoms with Gasteiger partial charge in [-0.15, -0.1) is 24.8 Å². The van der Waals surface area contributed by atoms with Gasteiger partial charge in [-0.05, 0) is 0 Å². The van der Waals surface area contributed by atoms with E-state index in [0.29, 0.717) is 6.61 Å². The van der Waals surface area contributed by atoms with E-state index in [2.05, 4.69) is 4.74 Å². The SMILES string of the molecule is C[N+](C)(C)CCOC(N)=O.Cl.Cl. The number of primary amides is 1. The second kappa shape index (κ2) is 7.46. The lowest BCUT2D eigenvalue weighted by molar-refractivity contribution is -0.870. The van der Waals surface area contributed by atoms with Gasteiger partial charge in [0.25, 0.3) is 0 Å². The largest absolute Gasteiger partial charge is 0.444 e. The van der Waals surface area contributed by atoms with Gasteiger partial charge in [0.1, 0.15) is 13.2 Å². The minimum absolute atomic E-state index is 0. The van der Waals surface area contributed by atoms with Crippen LogP contribution in [-0.4, -0.2) is 44.9 Å². The summed E-state index contributed by atoms with van der Waals surface area (Å²) in [5.41, 5.74) is 4.75. The Bertz CT molecular complexity index is 125. The van der Waals surface area contributed by atoms with Gasteiger partial charge in [-0.2, -0.15) is 0 Å². The number of rotatable bonds is 3. The molecule has 0 aliphatic rings. The molecule has 0 fully saturated rings. The molecule has 0 aliphatic carbocycles. The van der Waals surface area contributed by atoms with Crippen LogP contribution in [0.3, 0.4) is 0 Å². The maximum atomic E-state index is 10.1. The number of hydrogen-bond donors (Lipinski definition) is 1. The van der Waals surface area contributed by atoms with Crippen molar-refractivity contribution in [2.45, 2.75) is 0 Å². The van der Waals surface area contributed by atoms with Gasteiger partial charge in [-0.3, -0.25) is 0 Å². The minimum Gasteiger partial charge on any atom is -0.444 e. The Hall–Kier alpha value is -0.190. The molecule has 0 heterocycles. The Kier molecular flexibility index (Phi) is 11.1. The summed E-state index contributed by atoms with van der Waals surface area (Å²) in [7, 11) is 6.05. The van der Waals surface area contributed by atoms with Crippen molar-refractivity contribution in [1.82, 2.24) is 0 Å². The molecule has 6 heteroatoms. The van der Waals surface area contributed by atoms with Gasteiger partial charge in [0.15, 0.2) is 0 Å². The van der Waals surface area contributed by atoms with Gasteiger partial charge in [-0.25, -0.2) is 4.79 Å². The number of ether oxygens (including phenoxy) is 1. The van der Waals surface area contributed by atoms with E-state index >= 15 is 0 Å². The second-order valence-electron chi connectivity index (χ2n) is 3.18. The van der Waals surface area contributed by atoms with Crippen molar-refractivity contribution >= 4 is 30.9 Å². The zero-order valence-electron chi connectivity index (χ0n) is 7.57. The van der Waals surface area contributed by atoms with Crippen LogP contribution in [-0.2, 0) is 4.74 Å². The number of nitrogens with two attached hydrogens (primary N) is 1. The van der Waals surface area contributed by atoms with E-state index < -0.39 is 6.09 Å². The quantitative estimate of drug-likeness (QED) is 0.709. The van der Waals surface area contributed by atoms with Crippen molar-refractivity contribution in [1.29, 1.82) is 0 Å². The number of hydrogen-bond acceptors (Lipinski definition) is 2. The summed E-state index contributed by atoms with van der Waals surface area (Å²) in [6.45, 7) is 1.17. The number of halogens is 2. The van der Waals surface area contributed by atoms with E-state index in [1.54, 1.807) is 0 Å². The van der Waals surface area contributed by atoms with Crippen molar-refractivity contribution in [3.05, 3.63) is 0 Å². The van der Waals surface area contributed by atoms with Crippen LogP contribution in [0.5, 0.6) is 0 Å². The van der Waals surface area contributed by atoms with Gasteiger partial charge in [0, 0.05) is 0 Å². The first kappa shape index (κ1) is 17.8. The van der Waals surface area contributed by atoms with Gasteiger partial charge >= 0.3 is 6.09 Å². The number of likely N-dealkylation sites (N-methyl/N-ethyl adjacent to an activating group) is 1. The van der Waals surface area contributed by atoms with Crippen LogP contribution < -0.4 is 5.73 Å². The van der Waals surface area contributed by atoms with E-state index in [-0.39, 0.29) is 24.8 Å². The minimum atomic E-state index is -0.701. The van der Waals surface area contributed by atoms with Crippen molar-refractivity contribution < 1.29 is 14.0 Å². The molecule has 0 spiro atoms. The summed E-state index contributed by atoms with van der Waals surface area (Å²) in [4.78, 5) is 10.1. The van der Waals surface area contributed by atoms with Crippen LogP contribution in [0.2, 0.25) is 0 Å². The lowest BCUT2D eigenvalue weighted by atomic mass is 10.5. The third-order valence-electron chi connectivity index (χ3n) is 1.01. The molecule has 0 unspecified atom stereocenters. The van der Waals surface area contributed by atoms with Crippen molar-refractivity contribution in [2.24, 2.45) is 5.73 Å². The molecule has 0 radical (unpaired) electrons. The molecule has 0 bridgehead atoms. The number of carbonyl (C=O) groups is 1. The van der Waals surface area contributed by atoms with E-state index in [1.807, 2.05) is 21.1 Å². The first-order chi connectivity index (χ1) is 4.42. The van der Waals surface area contributed by atoms with E-state index in [9.17, 15) is 4.79 Å². The third-order valence-corrected chi connectivity index (χ3v) is 1.01. The van der Waals surface area contributed by atoms with Crippen LogP contribution in [0.4, 0.5) is 4.79 Å². The average Bonchev–Trinajstić information content (AvgIpc) is 1.59. The fourth-order valence-corrected chi connectivity index (χ4v) is 0.420. The smallest absolute Gasteiger partial charge is 0.404 e. The third kappa shape index (κ3) is 16.4. The van der Waals surface area contributed by atoms with Gasteiger partial charge in [0.2, 0.25) is 0 Å². The summed E-state index contributed by atoms with van der Waals surface area (Å²) < 4.78 is 5.31. The predicted octanol–water partition coefficient (Wildman–Crippen LogP) is 0.631. The predicted molar refractivity (Wildman–Crippen MR) is 52.9 cm³/mol. The normalized spacial score (nSPS) is 9.25. The van der Waals surface area contributed by atoms with Crippen molar-refractivity contribution in [3.63, 3.8) is 0 Å². The fourth-order valence-electron chi connectivity index (χ4n) is 0.420. The summed E-state index contributed by atoms with van der Waals surface area (Å²) in [6, 6.07) is 0. The second-order valence-corrected chi connectivity index (χ2v) is 3.18. The zero-order chi connectivity index (χ0) is 8.20. The zero-order valence-corrected chi connectivity index (χ0v) is 9.20. The molecule has 2 N–H and O–H groups in total. The molecule has 12 heavy (non-hydrogen) atoms. The molecular formula is C6H17Cl2N2O2+. The van der Waals surface area contributed by atoms with Gasteiger partial charge < -0.3 is 15.0 Å². The molecule has 1 amide bonds. The maximum absolute atomic E-state index is 10.1. The molecule has 0 aliphatic heterocycles. The molecule has 0 rings (SSSR count). The molecule has 0 saturated heterocycles. The fraction of sp³-hybridized carbons (Fsp3) is 0.833. The number of nitrogens with zero attached hydrogens (tertiary/aromatic N) is 1. The average molecular weight is 220 g/mol. The lowest BCUT2D eigenvalue weighted by Gasteiger charge is -2.22. The highest BCUT2D eigenvalue weighted by Gasteiger charge is 2.06. The highest BCUT2D eigenvalue weighted by Crippen LogP contribution is 1.88. The standard InChI is InChI=1S/C6H14N2O2.2ClH/c1-8(2,3)4-5-10-6(7)9;;/h4-5H2,1-3H3,(H-,7,9);2*1H/p+1. The lowest BCUT2D eigenvalue weighted by Crippen LogP contribution is -2.38. The van der Waals surface area contributed by atoms with Crippen LogP contribution in [0.25, 0.3) is 0 Å². The van der Waals surface area contributed by atoms with E-state index in [0.717, 1.165) is 11.0 Å². The Morgan fingerprint density at radius 1 is 1.33 bits per heavy atom. The topological polar surface area (TPSA) is 52.3 Å². The number of carbonyl (C=O) groups excluding carboxylic acids is 1. The molecule has 0 aromatic carbocycles. The van der Waals surface area contributed by atoms with Crippen LogP contribution in [0, 0.1) is 0 Å². The van der Waals surface area contributed by atoms with Gasteiger partial charge in [0.05, 0.1) is 21.1 Å². The number of quaternary nitrogens is 1. The first-order valence-corrected chi connectivity index (χ1v) is 3.14. The van der Waals surface area contributed by atoms with Crippen LogP contribution in [0.15, 0.2) is 0 Å². The summed E-state index contributed by atoms with van der Waals surface area (Å²) in [6.07, 6.45) is -0.701. The monoisotopic (exact) mass is 219 g/mol. The Balaban J connectivity index is -0.000000405. The highest BCUT2D eigenvalue weighted by atomic mass is 35.5. The summed E-state index contributed by atoms with van der Waals surface area (Å²) in [5, 5.41) is 0. The maximum Gasteiger partial charge on any atom is 0.404 e. The molecule has 0 saturated carbocycles. The molecule has 0 aromatic rings. The van der Waals surface area contributed by atoms with Gasteiger partial charge in [-0.1, -0.05) is 0 Å². The Morgan fingerprint density at radius 3 is 2.00 bits per heavy atom. The van der Waals surface area contributed by atoms with Crippen molar-refractivity contribution in [3.8, 4) is 0 Å². The van der Waals surface area contributed by atoms with E-state index in [4.69, 9.17) is 5.73 Å². The Morgan fingerprint density at radius 2 is 1.75 bits per heavy atom. The highest BCUT2D eigenvalue weighted by molar-refractivity contribution is 5.85. The van der Waals surface area contributed by atoms with Crippen LogP contribution in [0.1, 0.15) is 0 Å². The molecule has 0 aromatic heterocycles. The molecule has 76 valence electrons. The summed E-state index contributed by atoms with van der Waals surface area (Å²) >= 11 is 0. The Labute approximate surface area is 85.5 Å². The van der Waals surface area contributed by atoms with E-state index in [1.165, 1.54) is 0 Å². The van der Waals surface area contributed by atoms with Crippen molar-refractivity contribution in [2.75, 3.05) is 34.3 Å². The number of amides is 1. The summed E-state index contributed by atoms with van der Waals surface area (Å²) in [5.74, 6) is 0. The molecule has 4 nitrogen and oxygen atoms in total. The van der Waals surface area contributed by atoms with Crippen LogP contribution >= 0.6 is 24.8 Å². The first-order valence-electron chi connectivity index (χ1n) is 3.14. The molecule has 0 atom stereocenters. The molecular weight excluding hydrogens is 203 g/mol.